The highest BCUT2D eigenvalue weighted by Gasteiger charge is 2.13. The van der Waals surface area contributed by atoms with Crippen LogP contribution in [0.5, 0.6) is 0 Å². The van der Waals surface area contributed by atoms with Crippen molar-refractivity contribution in [3.63, 3.8) is 0 Å². The average molecular weight is 242 g/mol. The number of nitrogens with zero attached hydrogens (tertiary/aromatic N) is 2. The van der Waals surface area contributed by atoms with Gasteiger partial charge in [0.05, 0.1) is 4.92 Å². The van der Waals surface area contributed by atoms with E-state index in [1.54, 1.807) is 18.3 Å². The minimum atomic E-state index is -0.380. The van der Waals surface area contributed by atoms with Gasteiger partial charge in [-0.05, 0) is 23.6 Å². The maximum Gasteiger partial charge on any atom is 0.269 e. The van der Waals surface area contributed by atoms with Gasteiger partial charge in [0.2, 0.25) is 0 Å². The van der Waals surface area contributed by atoms with Gasteiger partial charge in [-0.15, -0.1) is 0 Å². The molecule has 0 saturated carbocycles. The van der Waals surface area contributed by atoms with E-state index in [0.29, 0.717) is 0 Å². The molecule has 0 bridgehead atoms. The Hall–Kier alpha value is -2.23. The number of nitro groups is 1. The Morgan fingerprint density at radius 2 is 1.94 bits per heavy atom. The van der Waals surface area contributed by atoms with Crippen LogP contribution in [0.15, 0.2) is 48.8 Å². The second-order valence-corrected chi connectivity index (χ2v) is 4.10. The Balaban J connectivity index is 2.31. The van der Waals surface area contributed by atoms with Crippen LogP contribution in [0.3, 0.4) is 0 Å². The quantitative estimate of drug-likeness (QED) is 0.608. The summed E-state index contributed by atoms with van der Waals surface area (Å²) in [6, 6.07) is 10.7. The van der Waals surface area contributed by atoms with Gasteiger partial charge in [-0.2, -0.15) is 0 Å². The van der Waals surface area contributed by atoms with Crippen molar-refractivity contribution in [3.8, 4) is 0 Å². The monoisotopic (exact) mass is 242 g/mol. The van der Waals surface area contributed by atoms with E-state index in [4.69, 9.17) is 0 Å². The van der Waals surface area contributed by atoms with Crippen LogP contribution < -0.4 is 0 Å². The molecule has 0 fully saturated rings. The molecule has 1 unspecified atom stereocenters. The lowest BCUT2D eigenvalue weighted by atomic mass is 9.90. The molecule has 4 nitrogen and oxygen atoms in total. The zero-order valence-corrected chi connectivity index (χ0v) is 10.1. The maximum absolute atomic E-state index is 10.6. The Morgan fingerprint density at radius 3 is 2.44 bits per heavy atom. The number of non-ortho nitro benzene ring substituents is 1. The van der Waals surface area contributed by atoms with Gasteiger partial charge in [-0.1, -0.05) is 25.1 Å². The number of hydrogen-bond donors (Lipinski definition) is 0. The molecule has 0 amide bonds. The summed E-state index contributed by atoms with van der Waals surface area (Å²) in [7, 11) is 0. The molecule has 0 aliphatic rings. The van der Waals surface area contributed by atoms with Crippen LogP contribution in [0, 0.1) is 10.1 Å². The molecule has 0 saturated heterocycles. The summed E-state index contributed by atoms with van der Waals surface area (Å²) in [6.45, 7) is 2.10. The molecule has 1 heterocycles. The van der Waals surface area contributed by atoms with E-state index in [9.17, 15) is 10.1 Å². The van der Waals surface area contributed by atoms with Crippen molar-refractivity contribution in [1.29, 1.82) is 0 Å². The molecule has 2 aromatic rings. The van der Waals surface area contributed by atoms with Crippen molar-refractivity contribution in [2.45, 2.75) is 19.3 Å². The van der Waals surface area contributed by atoms with Crippen LogP contribution in [0.25, 0.3) is 0 Å². The van der Waals surface area contributed by atoms with Crippen molar-refractivity contribution in [1.82, 2.24) is 4.98 Å². The van der Waals surface area contributed by atoms with E-state index in [-0.39, 0.29) is 16.5 Å². The first kappa shape index (κ1) is 12.2. The van der Waals surface area contributed by atoms with Crippen molar-refractivity contribution in [2.75, 3.05) is 0 Å². The third-order valence-corrected chi connectivity index (χ3v) is 3.00. The number of hydrogen-bond acceptors (Lipinski definition) is 3. The lowest BCUT2D eigenvalue weighted by molar-refractivity contribution is -0.384. The molecular formula is C14H14N2O2. The zero-order valence-electron chi connectivity index (χ0n) is 10.1. The molecule has 0 aliphatic carbocycles. The Kier molecular flexibility index (Phi) is 3.67. The largest absolute Gasteiger partial charge is 0.269 e. The first-order valence-electron chi connectivity index (χ1n) is 5.86. The average Bonchev–Trinajstić information content (AvgIpc) is 2.41. The first-order chi connectivity index (χ1) is 8.72. The van der Waals surface area contributed by atoms with Crippen molar-refractivity contribution < 1.29 is 4.92 Å². The molecule has 2 rings (SSSR count). The number of pyridine rings is 1. The molecule has 18 heavy (non-hydrogen) atoms. The fourth-order valence-electron chi connectivity index (χ4n) is 2.07. The fourth-order valence-corrected chi connectivity index (χ4v) is 2.07. The van der Waals surface area contributed by atoms with E-state index in [0.717, 1.165) is 17.5 Å². The fraction of sp³-hybridized carbons (Fsp3) is 0.214. The normalized spacial score (nSPS) is 12.1. The molecule has 0 spiro atoms. The number of aromatic nitrogens is 1. The van der Waals surface area contributed by atoms with Crippen LogP contribution >= 0.6 is 0 Å². The molecule has 0 radical (unpaired) electrons. The minimum absolute atomic E-state index is 0.125. The molecule has 0 aliphatic heterocycles. The Bertz CT molecular complexity index is 523. The van der Waals surface area contributed by atoms with Gasteiger partial charge in [0.1, 0.15) is 0 Å². The summed E-state index contributed by atoms with van der Waals surface area (Å²) >= 11 is 0. The number of rotatable bonds is 4. The molecule has 1 aromatic carbocycles. The summed E-state index contributed by atoms with van der Waals surface area (Å²) in [6.07, 6.45) is 4.52. The van der Waals surface area contributed by atoms with E-state index < -0.39 is 0 Å². The van der Waals surface area contributed by atoms with Crippen LogP contribution in [0.4, 0.5) is 5.69 Å². The number of nitro benzene ring substituents is 1. The second-order valence-electron chi connectivity index (χ2n) is 4.10. The van der Waals surface area contributed by atoms with E-state index in [1.807, 2.05) is 30.5 Å². The highest BCUT2D eigenvalue weighted by Crippen LogP contribution is 2.28. The van der Waals surface area contributed by atoms with E-state index in [2.05, 4.69) is 11.9 Å². The van der Waals surface area contributed by atoms with Gasteiger partial charge < -0.3 is 0 Å². The van der Waals surface area contributed by atoms with Crippen LogP contribution in [-0.2, 0) is 0 Å². The second kappa shape index (κ2) is 5.40. The summed E-state index contributed by atoms with van der Waals surface area (Å²) in [5.41, 5.74) is 2.34. The number of benzene rings is 1. The molecule has 0 N–H and O–H groups in total. The Labute approximate surface area is 105 Å². The van der Waals surface area contributed by atoms with Crippen molar-refractivity contribution >= 4 is 5.69 Å². The standard InChI is InChI=1S/C14H14N2O2/c1-2-14(12-4-3-9-15-10-12)11-5-7-13(8-6-11)16(17)18/h3-10,14H,2H2,1H3. The van der Waals surface area contributed by atoms with Gasteiger partial charge in [0.25, 0.3) is 5.69 Å². The van der Waals surface area contributed by atoms with Gasteiger partial charge >= 0.3 is 0 Å². The molecule has 1 aromatic heterocycles. The van der Waals surface area contributed by atoms with Gasteiger partial charge in [0, 0.05) is 30.4 Å². The highest BCUT2D eigenvalue weighted by molar-refractivity contribution is 5.38. The van der Waals surface area contributed by atoms with Gasteiger partial charge in [-0.3, -0.25) is 15.1 Å². The first-order valence-corrected chi connectivity index (χ1v) is 5.86. The predicted molar refractivity (Wildman–Crippen MR) is 69.5 cm³/mol. The third kappa shape index (κ3) is 2.53. The molecular weight excluding hydrogens is 228 g/mol. The van der Waals surface area contributed by atoms with Crippen molar-refractivity contribution in [3.05, 3.63) is 70.0 Å². The summed E-state index contributed by atoms with van der Waals surface area (Å²) in [4.78, 5) is 14.4. The van der Waals surface area contributed by atoms with Crippen LogP contribution in [-0.4, -0.2) is 9.91 Å². The van der Waals surface area contributed by atoms with E-state index >= 15 is 0 Å². The Morgan fingerprint density at radius 1 is 1.22 bits per heavy atom. The lowest BCUT2D eigenvalue weighted by Gasteiger charge is -2.15. The minimum Gasteiger partial charge on any atom is -0.264 e. The summed E-state index contributed by atoms with van der Waals surface area (Å²) in [5.74, 6) is 0.236. The highest BCUT2D eigenvalue weighted by atomic mass is 16.6. The predicted octanol–water partition coefficient (Wildman–Crippen LogP) is 3.53. The van der Waals surface area contributed by atoms with E-state index in [1.165, 1.54) is 0 Å². The molecule has 92 valence electrons. The van der Waals surface area contributed by atoms with Crippen LogP contribution in [0.1, 0.15) is 30.4 Å². The topological polar surface area (TPSA) is 56.0 Å². The maximum atomic E-state index is 10.6. The van der Waals surface area contributed by atoms with Gasteiger partial charge in [0.15, 0.2) is 0 Å². The lowest BCUT2D eigenvalue weighted by Crippen LogP contribution is -2.00. The zero-order chi connectivity index (χ0) is 13.0. The van der Waals surface area contributed by atoms with Crippen LogP contribution in [0.2, 0.25) is 0 Å². The third-order valence-electron chi connectivity index (χ3n) is 3.00. The smallest absolute Gasteiger partial charge is 0.264 e. The SMILES string of the molecule is CCC(c1ccc([N+](=O)[O-])cc1)c1cccnc1. The molecule has 1 atom stereocenters. The summed E-state index contributed by atoms with van der Waals surface area (Å²) < 4.78 is 0. The summed E-state index contributed by atoms with van der Waals surface area (Å²) in [5, 5.41) is 10.6. The van der Waals surface area contributed by atoms with Gasteiger partial charge in [-0.25, -0.2) is 0 Å². The van der Waals surface area contributed by atoms with Crippen molar-refractivity contribution in [2.24, 2.45) is 0 Å². The molecule has 4 heteroatoms.